The zero-order valence-corrected chi connectivity index (χ0v) is 32.4. The molecule has 2 rings (SSSR count). The van der Waals surface area contributed by atoms with Gasteiger partial charge in [0.1, 0.15) is 12.2 Å². The van der Waals surface area contributed by atoms with Gasteiger partial charge in [-0.3, -0.25) is 19.8 Å². The van der Waals surface area contributed by atoms with E-state index in [1.807, 2.05) is 27.7 Å². The normalized spacial score (nSPS) is 13.9. The molecule has 292 valence electrons. The number of allylic oxidation sites excluding steroid dienone is 2. The summed E-state index contributed by atoms with van der Waals surface area (Å²) in [5, 5.41) is 14.1. The lowest BCUT2D eigenvalue weighted by Crippen LogP contribution is -2.39. The van der Waals surface area contributed by atoms with Crippen LogP contribution in [0.25, 0.3) is 0 Å². The summed E-state index contributed by atoms with van der Waals surface area (Å²) >= 11 is 0. The van der Waals surface area contributed by atoms with Gasteiger partial charge < -0.3 is 33.7 Å². The second-order valence-electron chi connectivity index (χ2n) is 11.8. The van der Waals surface area contributed by atoms with Crippen LogP contribution in [-0.2, 0) is 42.8 Å². The summed E-state index contributed by atoms with van der Waals surface area (Å²) in [6.07, 6.45) is -2.23. The van der Waals surface area contributed by atoms with E-state index in [1.165, 1.54) is 45.2 Å². The van der Waals surface area contributed by atoms with E-state index in [4.69, 9.17) is 28.4 Å². The molecule has 16 heteroatoms. The van der Waals surface area contributed by atoms with Crippen molar-refractivity contribution in [1.29, 1.82) is 0 Å². The average molecular weight is 738 g/mol. The van der Waals surface area contributed by atoms with Crippen molar-refractivity contribution in [1.82, 2.24) is 10.2 Å². The number of nitro benzene ring substituents is 1. The van der Waals surface area contributed by atoms with Gasteiger partial charge in [0.2, 0.25) is 6.79 Å². The minimum Gasteiger partial charge on any atom is -0.460 e. The van der Waals surface area contributed by atoms with E-state index in [2.05, 4.69) is 5.32 Å². The predicted octanol–water partition coefficient (Wildman–Crippen LogP) is 6.68. The molecule has 1 aromatic carbocycles. The number of amides is 2. The largest absolute Gasteiger partial charge is 0.460 e. The van der Waals surface area contributed by atoms with E-state index < -0.39 is 59.4 Å². The maximum Gasteiger partial charge on any atom is 0.421 e. The van der Waals surface area contributed by atoms with Gasteiger partial charge >= 0.3 is 30.1 Å². The first-order chi connectivity index (χ1) is 24.5. The molecule has 1 aromatic rings. The van der Waals surface area contributed by atoms with Crippen LogP contribution < -0.4 is 5.32 Å². The highest BCUT2D eigenvalue weighted by Gasteiger charge is 2.43. The van der Waals surface area contributed by atoms with Crippen molar-refractivity contribution in [2.45, 2.75) is 107 Å². The van der Waals surface area contributed by atoms with Crippen molar-refractivity contribution in [3.63, 3.8) is 0 Å². The average Bonchev–Trinajstić information content (AvgIpc) is 3.07. The van der Waals surface area contributed by atoms with Gasteiger partial charge in [0, 0.05) is 43.6 Å². The number of nitrogens with zero attached hydrogens (tertiary/aromatic N) is 2. The van der Waals surface area contributed by atoms with Crippen LogP contribution in [0.5, 0.6) is 0 Å². The molecule has 0 aromatic heterocycles. The monoisotopic (exact) mass is 737 g/mol. The Bertz CT molecular complexity index is 1440. The van der Waals surface area contributed by atoms with Crippen LogP contribution in [-0.4, -0.2) is 85.3 Å². The maximum absolute atomic E-state index is 13.6. The van der Waals surface area contributed by atoms with E-state index in [0.717, 1.165) is 4.90 Å². The summed E-state index contributed by atoms with van der Waals surface area (Å²) < 4.78 is 31.1. The molecule has 0 saturated heterocycles. The minimum absolute atomic E-state index is 0.00272. The van der Waals surface area contributed by atoms with Gasteiger partial charge in [-0.2, -0.15) is 0 Å². The van der Waals surface area contributed by atoms with E-state index in [9.17, 15) is 34.1 Å². The molecule has 0 aliphatic carbocycles. The van der Waals surface area contributed by atoms with Crippen LogP contribution in [0.1, 0.15) is 100 Å². The fourth-order valence-electron chi connectivity index (χ4n) is 4.60. The highest BCUT2D eigenvalue weighted by atomic mass is 16.7. The summed E-state index contributed by atoms with van der Waals surface area (Å²) in [5.41, 5.74) is -1.12. The lowest BCUT2D eigenvalue weighted by molar-refractivity contribution is -0.384. The number of hydrogen-bond donors (Lipinski definition) is 1. The van der Waals surface area contributed by atoms with Crippen LogP contribution in [0.3, 0.4) is 0 Å². The number of methoxy groups -OCH3 is 1. The van der Waals surface area contributed by atoms with Crippen molar-refractivity contribution in [2.24, 2.45) is 0 Å². The zero-order valence-electron chi connectivity index (χ0n) is 32.4. The molecular weight excluding hydrogens is 682 g/mol. The second-order valence-corrected chi connectivity index (χ2v) is 11.8. The van der Waals surface area contributed by atoms with E-state index in [1.54, 1.807) is 34.6 Å². The van der Waals surface area contributed by atoms with Gasteiger partial charge in [0.25, 0.3) is 5.69 Å². The SMILES string of the molecule is CC.CC.COCCOC(=O)C1=C(C)N(C(=O)OCOC(=O)CCCNC(=O)OC(C)(C)C)C(C)=C(C(=O)OC(C)C)C1c1cccc([N+](=O)[O-])c1. The Morgan fingerprint density at radius 2 is 1.52 bits per heavy atom. The van der Waals surface area contributed by atoms with Crippen LogP contribution in [0.15, 0.2) is 46.8 Å². The molecule has 1 heterocycles. The fraction of sp³-hybridized carbons (Fsp3) is 0.583. The van der Waals surface area contributed by atoms with Gasteiger partial charge in [-0.15, -0.1) is 0 Å². The second kappa shape index (κ2) is 23.5. The zero-order chi connectivity index (χ0) is 40.2. The Balaban J connectivity index is 0.00000627. The Hall–Kier alpha value is -4.99. The quantitative estimate of drug-likeness (QED) is 0.0530. The maximum atomic E-state index is 13.6. The smallest absolute Gasteiger partial charge is 0.421 e. The molecule has 52 heavy (non-hydrogen) atoms. The van der Waals surface area contributed by atoms with E-state index in [-0.39, 0.29) is 66.4 Å². The van der Waals surface area contributed by atoms with Crippen molar-refractivity contribution < 1.29 is 57.3 Å². The first kappa shape index (κ1) is 47.0. The lowest BCUT2D eigenvalue weighted by Gasteiger charge is -2.36. The van der Waals surface area contributed by atoms with Gasteiger partial charge in [-0.05, 0) is 60.5 Å². The molecule has 0 saturated carbocycles. The first-order valence-electron chi connectivity index (χ1n) is 17.1. The molecule has 0 bridgehead atoms. The van der Waals surface area contributed by atoms with Crippen molar-refractivity contribution in [3.05, 3.63) is 62.5 Å². The number of hydrogen-bond acceptors (Lipinski definition) is 13. The number of benzene rings is 1. The number of nitrogens with one attached hydrogen (secondary N) is 1. The summed E-state index contributed by atoms with van der Waals surface area (Å²) in [6.45, 7) is 18.4. The molecule has 1 atom stereocenters. The highest BCUT2D eigenvalue weighted by Crippen LogP contribution is 2.44. The molecule has 16 nitrogen and oxygen atoms in total. The lowest BCUT2D eigenvalue weighted by atomic mass is 9.79. The number of non-ortho nitro benzene ring substituents is 1. The third-order valence-electron chi connectivity index (χ3n) is 6.56. The molecule has 2 amide bonds. The van der Waals surface area contributed by atoms with Gasteiger partial charge in [0.15, 0.2) is 0 Å². The third kappa shape index (κ3) is 15.1. The van der Waals surface area contributed by atoms with Crippen LogP contribution in [0.2, 0.25) is 0 Å². The molecule has 1 N–H and O–H groups in total. The van der Waals surface area contributed by atoms with Crippen molar-refractivity contribution in [3.8, 4) is 0 Å². The van der Waals surface area contributed by atoms with Crippen molar-refractivity contribution >= 4 is 35.8 Å². The number of alkyl carbamates (subject to hydrolysis) is 1. The number of carbonyl (C=O) groups is 5. The minimum atomic E-state index is -1.23. The molecule has 0 spiro atoms. The van der Waals surface area contributed by atoms with Crippen LogP contribution in [0, 0.1) is 10.1 Å². The number of rotatable bonds is 14. The Labute approximate surface area is 305 Å². The van der Waals surface area contributed by atoms with E-state index in [0.29, 0.717) is 0 Å². The molecule has 0 fully saturated rings. The van der Waals surface area contributed by atoms with Crippen LogP contribution >= 0.6 is 0 Å². The molecular formula is C36H55N3O13. The Morgan fingerprint density at radius 1 is 0.923 bits per heavy atom. The summed E-state index contributed by atoms with van der Waals surface area (Å²) in [7, 11) is 1.41. The number of carbonyl (C=O) groups excluding carboxylic acids is 5. The van der Waals surface area contributed by atoms with E-state index >= 15 is 0 Å². The van der Waals surface area contributed by atoms with Gasteiger partial charge in [0.05, 0.1) is 34.7 Å². The topological polar surface area (TPSA) is 199 Å². The van der Waals surface area contributed by atoms with Crippen molar-refractivity contribution in [2.75, 3.05) is 33.7 Å². The third-order valence-corrected chi connectivity index (χ3v) is 6.56. The predicted molar refractivity (Wildman–Crippen MR) is 191 cm³/mol. The summed E-state index contributed by atoms with van der Waals surface area (Å²) in [6, 6.07) is 5.37. The summed E-state index contributed by atoms with van der Waals surface area (Å²) in [5.74, 6) is -3.77. The first-order valence-corrected chi connectivity index (χ1v) is 17.1. The Morgan fingerprint density at radius 3 is 2.06 bits per heavy atom. The highest BCUT2D eigenvalue weighted by molar-refractivity contribution is 6.01. The fourth-order valence-corrected chi connectivity index (χ4v) is 4.60. The number of nitro groups is 1. The molecule has 1 unspecified atom stereocenters. The standard InChI is InChI=1S/C32H43N3O13.2C2H6/c1-19(2)47-29(38)26-21(4)34(31(40)46-18-45-24(36)13-10-14-33-30(39)48-32(5,6)7)20(3)25(28(37)44-16-15-43-8)27(26)22-11-9-12-23(17-22)35(41)42;2*1-2/h9,11-12,17,19,27H,10,13-16,18H2,1-8H3,(H,33,39);2*1-2H3. The van der Waals surface area contributed by atoms with Crippen LogP contribution in [0.4, 0.5) is 15.3 Å². The Kier molecular flexibility index (Phi) is 21.2. The summed E-state index contributed by atoms with van der Waals surface area (Å²) in [4.78, 5) is 76.4. The van der Waals surface area contributed by atoms with Gasteiger partial charge in [-0.25, -0.2) is 19.2 Å². The molecule has 1 aliphatic heterocycles. The molecule has 1 aliphatic rings. The number of esters is 3. The number of ether oxygens (including phenoxy) is 6. The van der Waals surface area contributed by atoms with Gasteiger partial charge in [-0.1, -0.05) is 39.8 Å². The molecule has 0 radical (unpaired) electrons.